The van der Waals surface area contributed by atoms with Gasteiger partial charge in [0.2, 0.25) is 5.13 Å². The zero-order chi connectivity index (χ0) is 9.97. The second kappa shape index (κ2) is 4.18. The molecule has 0 N–H and O–H groups in total. The lowest BCUT2D eigenvalue weighted by Crippen LogP contribution is -1.94. The van der Waals surface area contributed by atoms with Crippen LogP contribution in [-0.4, -0.2) is 19.1 Å². The van der Waals surface area contributed by atoms with E-state index in [0.717, 1.165) is 28.4 Å². The average molecular weight is 273 g/mol. The minimum Gasteiger partial charge on any atom is -0.211 e. The minimum atomic E-state index is 0.810. The van der Waals surface area contributed by atoms with Crippen LogP contribution in [-0.2, 0) is 6.42 Å². The second-order valence-electron chi connectivity index (χ2n) is 2.83. The van der Waals surface area contributed by atoms with E-state index in [2.05, 4.69) is 37.3 Å². The van der Waals surface area contributed by atoms with Crippen LogP contribution in [0.3, 0.4) is 0 Å². The molecule has 2 rings (SSSR count). The highest BCUT2D eigenvalue weighted by Gasteiger charge is 2.05. The molecule has 0 radical (unpaired) electrons. The number of hydrogen-bond acceptors (Lipinski definition) is 4. The normalized spacial score (nSPS) is 10.7. The fourth-order valence-electron chi connectivity index (χ4n) is 1.07. The molecule has 74 valence electrons. The monoisotopic (exact) mass is 272 g/mol. The molecule has 0 aliphatic rings. The molecule has 6 heteroatoms. The smallest absolute Gasteiger partial charge is 0.211 e. The highest BCUT2D eigenvalue weighted by Crippen LogP contribution is 2.13. The van der Waals surface area contributed by atoms with Crippen molar-refractivity contribution in [2.45, 2.75) is 19.8 Å². The summed E-state index contributed by atoms with van der Waals surface area (Å²) in [6.07, 6.45) is 3.86. The number of hydrogen-bond donors (Lipinski definition) is 0. The van der Waals surface area contributed by atoms with E-state index in [1.165, 1.54) is 11.5 Å². The first-order valence-corrected chi connectivity index (χ1v) is 5.90. The number of aromatic nitrogens is 4. The Balaban J connectivity index is 2.24. The Morgan fingerprint density at radius 1 is 1.57 bits per heavy atom. The molecule has 0 saturated heterocycles. The molecule has 2 aromatic heterocycles. The van der Waals surface area contributed by atoms with Crippen LogP contribution in [0.25, 0.3) is 5.13 Å². The fraction of sp³-hybridized carbons (Fsp3) is 0.375. The molecule has 2 heterocycles. The van der Waals surface area contributed by atoms with Crippen molar-refractivity contribution in [2.24, 2.45) is 0 Å². The molecule has 0 spiro atoms. The molecule has 4 nitrogen and oxygen atoms in total. The maximum absolute atomic E-state index is 4.37. The molecule has 0 atom stereocenters. The van der Waals surface area contributed by atoms with Crippen molar-refractivity contribution in [1.82, 2.24) is 19.1 Å². The molecule has 2 aromatic rings. The molecular weight excluding hydrogens is 264 g/mol. The van der Waals surface area contributed by atoms with Crippen molar-refractivity contribution in [3.05, 3.63) is 22.7 Å². The molecule has 0 aliphatic carbocycles. The van der Waals surface area contributed by atoms with Crippen LogP contribution in [0.15, 0.2) is 16.9 Å². The summed E-state index contributed by atoms with van der Waals surface area (Å²) in [5.74, 6) is 0.902. The number of rotatable bonds is 3. The molecule has 14 heavy (non-hydrogen) atoms. The van der Waals surface area contributed by atoms with Crippen LogP contribution in [0.2, 0.25) is 0 Å². The van der Waals surface area contributed by atoms with Crippen molar-refractivity contribution in [3.63, 3.8) is 0 Å². The van der Waals surface area contributed by atoms with E-state index in [9.17, 15) is 0 Å². The number of aryl methyl sites for hydroxylation is 1. The molecule has 0 amide bonds. The molecule has 0 aromatic carbocycles. The highest BCUT2D eigenvalue weighted by atomic mass is 79.9. The van der Waals surface area contributed by atoms with E-state index in [1.807, 2.05) is 12.3 Å². The molecule has 0 saturated carbocycles. The Kier molecular flexibility index (Phi) is 2.93. The largest absolute Gasteiger partial charge is 0.230 e. The summed E-state index contributed by atoms with van der Waals surface area (Å²) in [6, 6.07) is 1.88. The van der Waals surface area contributed by atoms with Gasteiger partial charge in [0.1, 0.15) is 10.4 Å². The lowest BCUT2D eigenvalue weighted by molar-refractivity contribution is 0.821. The molecule has 0 fully saturated rings. The van der Waals surface area contributed by atoms with E-state index in [0.29, 0.717) is 0 Å². The Morgan fingerprint density at radius 3 is 3.07 bits per heavy atom. The van der Waals surface area contributed by atoms with Crippen LogP contribution in [0.5, 0.6) is 0 Å². The zero-order valence-electron chi connectivity index (χ0n) is 7.64. The van der Waals surface area contributed by atoms with E-state index >= 15 is 0 Å². The number of nitrogens with zero attached hydrogens (tertiary/aromatic N) is 4. The SMILES string of the molecule is CCCc1nsc(-n2ccc(Br)n2)n1. The highest BCUT2D eigenvalue weighted by molar-refractivity contribution is 9.10. The molecular formula is C8H9BrN4S. The lowest BCUT2D eigenvalue weighted by atomic mass is 10.3. The summed E-state index contributed by atoms with van der Waals surface area (Å²) in [5, 5.41) is 5.01. The van der Waals surface area contributed by atoms with Crippen LogP contribution in [0.4, 0.5) is 0 Å². The van der Waals surface area contributed by atoms with Gasteiger partial charge < -0.3 is 0 Å². The molecule has 0 bridgehead atoms. The maximum atomic E-state index is 4.37. The summed E-state index contributed by atoms with van der Waals surface area (Å²) in [6.45, 7) is 2.12. The third-order valence-electron chi connectivity index (χ3n) is 1.68. The average Bonchev–Trinajstić information content (AvgIpc) is 2.74. The minimum absolute atomic E-state index is 0.810. The Hall–Kier alpha value is -0.750. The van der Waals surface area contributed by atoms with Gasteiger partial charge in [0, 0.05) is 24.2 Å². The van der Waals surface area contributed by atoms with Gasteiger partial charge in [-0.1, -0.05) is 6.92 Å². The van der Waals surface area contributed by atoms with E-state index < -0.39 is 0 Å². The standard InChI is InChI=1S/C8H9BrN4S/c1-2-3-7-10-8(14-12-7)13-5-4-6(9)11-13/h4-5H,2-3H2,1H3. The van der Waals surface area contributed by atoms with Crippen molar-refractivity contribution in [1.29, 1.82) is 0 Å². The van der Waals surface area contributed by atoms with Crippen LogP contribution in [0.1, 0.15) is 19.2 Å². The van der Waals surface area contributed by atoms with Gasteiger partial charge >= 0.3 is 0 Å². The first kappa shape index (κ1) is 9.79. The van der Waals surface area contributed by atoms with E-state index in [-0.39, 0.29) is 0 Å². The Morgan fingerprint density at radius 2 is 2.43 bits per heavy atom. The van der Waals surface area contributed by atoms with Crippen molar-refractivity contribution >= 4 is 27.5 Å². The molecule has 0 aliphatic heterocycles. The predicted octanol–water partition coefficient (Wildman–Crippen LogP) is 2.44. The summed E-state index contributed by atoms with van der Waals surface area (Å²) in [5.41, 5.74) is 0. The van der Waals surface area contributed by atoms with Crippen molar-refractivity contribution in [2.75, 3.05) is 0 Å². The Labute approximate surface area is 94.3 Å². The zero-order valence-corrected chi connectivity index (χ0v) is 10.0. The topological polar surface area (TPSA) is 43.6 Å². The summed E-state index contributed by atoms with van der Waals surface area (Å²) in [7, 11) is 0. The van der Waals surface area contributed by atoms with E-state index in [1.54, 1.807) is 4.68 Å². The van der Waals surface area contributed by atoms with Gasteiger partial charge in [-0.05, 0) is 28.4 Å². The van der Waals surface area contributed by atoms with Crippen molar-refractivity contribution < 1.29 is 0 Å². The predicted molar refractivity (Wildman–Crippen MR) is 58.7 cm³/mol. The first-order valence-electron chi connectivity index (χ1n) is 4.33. The van der Waals surface area contributed by atoms with Gasteiger partial charge in [-0.15, -0.1) is 0 Å². The maximum Gasteiger partial charge on any atom is 0.230 e. The Bertz CT molecular complexity index is 422. The third kappa shape index (κ3) is 2.01. The second-order valence-corrected chi connectivity index (χ2v) is 4.37. The van der Waals surface area contributed by atoms with E-state index in [4.69, 9.17) is 0 Å². The van der Waals surface area contributed by atoms with Gasteiger partial charge in [0.25, 0.3) is 0 Å². The van der Waals surface area contributed by atoms with Gasteiger partial charge in [-0.2, -0.15) is 9.47 Å². The quantitative estimate of drug-likeness (QED) is 0.862. The first-order chi connectivity index (χ1) is 6.79. The number of halogens is 1. The fourth-order valence-corrected chi connectivity index (χ4v) is 2.01. The van der Waals surface area contributed by atoms with Crippen LogP contribution >= 0.6 is 27.5 Å². The van der Waals surface area contributed by atoms with Crippen LogP contribution in [0, 0.1) is 0 Å². The van der Waals surface area contributed by atoms with Gasteiger partial charge in [0.05, 0.1) is 0 Å². The summed E-state index contributed by atoms with van der Waals surface area (Å²) >= 11 is 4.67. The lowest BCUT2D eigenvalue weighted by Gasteiger charge is -1.90. The third-order valence-corrected chi connectivity index (χ3v) is 2.85. The van der Waals surface area contributed by atoms with Gasteiger partial charge in [-0.25, -0.2) is 9.67 Å². The van der Waals surface area contributed by atoms with Gasteiger partial charge in [-0.3, -0.25) is 0 Å². The van der Waals surface area contributed by atoms with Crippen molar-refractivity contribution in [3.8, 4) is 5.13 Å². The summed E-state index contributed by atoms with van der Waals surface area (Å²) in [4.78, 5) is 4.37. The van der Waals surface area contributed by atoms with Crippen LogP contribution < -0.4 is 0 Å². The molecule has 0 unspecified atom stereocenters. The van der Waals surface area contributed by atoms with Gasteiger partial charge in [0.15, 0.2) is 0 Å². The summed E-state index contributed by atoms with van der Waals surface area (Å²) < 4.78 is 6.78.